The van der Waals surface area contributed by atoms with Gasteiger partial charge < -0.3 is 19.7 Å². The van der Waals surface area contributed by atoms with Gasteiger partial charge in [0, 0.05) is 24.5 Å². The van der Waals surface area contributed by atoms with Gasteiger partial charge in [0.1, 0.15) is 17.4 Å². The number of nitrogens with zero attached hydrogens (tertiary/aromatic N) is 3. The molecule has 0 bridgehead atoms. The van der Waals surface area contributed by atoms with Gasteiger partial charge >= 0.3 is 6.03 Å². The molecule has 38 heavy (non-hydrogen) atoms. The van der Waals surface area contributed by atoms with Gasteiger partial charge in [-0.15, -0.1) is 5.10 Å². The molecule has 4 unspecified atom stereocenters. The van der Waals surface area contributed by atoms with Crippen LogP contribution in [0.25, 0.3) is 11.3 Å². The summed E-state index contributed by atoms with van der Waals surface area (Å²) >= 11 is 0.982. The summed E-state index contributed by atoms with van der Waals surface area (Å²) < 4.78 is 40.0. The van der Waals surface area contributed by atoms with Gasteiger partial charge in [-0.25, -0.2) is 13.6 Å². The second kappa shape index (κ2) is 14.8. The number of hydrogen-bond acceptors (Lipinski definition) is 8. The number of morpholine rings is 1. The molecule has 3 amide bonds. The number of amides is 3. The molecule has 3 heterocycles. The summed E-state index contributed by atoms with van der Waals surface area (Å²) in [5.74, 6) is -3.03. The Hall–Kier alpha value is -2.99. The predicted molar refractivity (Wildman–Crippen MR) is 145 cm³/mol. The van der Waals surface area contributed by atoms with E-state index in [0.717, 1.165) is 11.5 Å². The highest BCUT2D eigenvalue weighted by molar-refractivity contribution is 7.03. The summed E-state index contributed by atoms with van der Waals surface area (Å²) in [6.45, 7) is 15.5. The number of carbonyl (C=O) groups excluding carboxylic acids is 3. The summed E-state index contributed by atoms with van der Waals surface area (Å²) in [6, 6.07) is -0.350. The first-order chi connectivity index (χ1) is 18.2. The van der Waals surface area contributed by atoms with E-state index < -0.39 is 41.1 Å². The minimum atomic E-state index is -1.78. The van der Waals surface area contributed by atoms with Crippen LogP contribution in [-0.4, -0.2) is 59.7 Å². The monoisotopic (exact) mass is 555 g/mol. The fourth-order valence-corrected chi connectivity index (χ4v) is 5.18. The molecule has 1 aromatic heterocycles. The quantitative estimate of drug-likeness (QED) is 0.415. The highest BCUT2D eigenvalue weighted by Crippen LogP contribution is 2.47. The Morgan fingerprint density at radius 2 is 1.79 bits per heavy atom. The van der Waals surface area contributed by atoms with Crippen LogP contribution in [0.4, 0.5) is 19.3 Å². The first kappa shape index (κ1) is 33.0. The standard InChI is InChI=1S/C20H21F2N5O4S.3C2H6/c1-9-6-27-16-11(4-12(14(21)15(16)22)13-7-32-26-25-13)5-20(8-28,17(27)10(2)31-9)18(29)24-19(30)23-3;3*1-2/h4,7-10,17H,5-6H2,1-3H3,(H2,23,24,29,30);3*1-2H3. The molecule has 4 rings (SSSR count). The van der Waals surface area contributed by atoms with Gasteiger partial charge in [-0.3, -0.25) is 10.1 Å². The lowest BCUT2D eigenvalue weighted by Crippen LogP contribution is -2.68. The van der Waals surface area contributed by atoms with Crippen LogP contribution in [-0.2, 0) is 20.7 Å². The number of rotatable bonds is 3. The number of fused-ring (bicyclic) bond motifs is 3. The molecule has 12 heteroatoms. The molecule has 2 aliphatic heterocycles. The Morgan fingerprint density at radius 1 is 1.16 bits per heavy atom. The molecule has 212 valence electrons. The van der Waals surface area contributed by atoms with Gasteiger partial charge in [-0.05, 0) is 43.4 Å². The fourth-order valence-electron chi connectivity index (χ4n) is 4.72. The molecule has 4 atom stereocenters. The number of carbonyl (C=O) groups is 3. The topological polar surface area (TPSA) is 114 Å². The zero-order valence-electron chi connectivity index (χ0n) is 23.5. The molecule has 2 aliphatic rings. The Morgan fingerprint density at radius 3 is 2.32 bits per heavy atom. The van der Waals surface area contributed by atoms with E-state index in [0.29, 0.717) is 6.29 Å². The largest absolute Gasteiger partial charge is 0.372 e. The van der Waals surface area contributed by atoms with Crippen LogP contribution >= 0.6 is 11.5 Å². The van der Waals surface area contributed by atoms with E-state index in [1.165, 1.54) is 23.4 Å². The first-order valence-electron chi connectivity index (χ1n) is 12.9. The van der Waals surface area contributed by atoms with Crippen LogP contribution in [0.2, 0.25) is 0 Å². The fraction of sp³-hybridized carbons (Fsp3) is 0.577. The van der Waals surface area contributed by atoms with Crippen molar-refractivity contribution in [3.05, 3.63) is 28.6 Å². The SMILES string of the molecule is CC.CC.CC.CNC(=O)NC(=O)C1(C=O)Cc2cc(-c3csnn3)c(F)c(F)c2N2CC(C)OC(C)C21. The Labute approximate surface area is 227 Å². The van der Waals surface area contributed by atoms with Gasteiger partial charge in [-0.2, -0.15) is 0 Å². The number of hydrogen-bond donors (Lipinski definition) is 2. The maximum Gasteiger partial charge on any atom is 0.321 e. The molecule has 2 aromatic rings. The van der Waals surface area contributed by atoms with Crippen molar-refractivity contribution >= 4 is 35.4 Å². The van der Waals surface area contributed by atoms with Gasteiger partial charge in [0.05, 0.1) is 23.9 Å². The molecular formula is C26H39F2N5O4S. The number of halogens is 2. The molecular weight excluding hydrogens is 516 g/mol. The smallest absolute Gasteiger partial charge is 0.321 e. The molecule has 0 saturated carbocycles. The molecule has 0 aliphatic carbocycles. The molecule has 1 saturated heterocycles. The number of anilines is 1. The molecule has 9 nitrogen and oxygen atoms in total. The van der Waals surface area contributed by atoms with Gasteiger partial charge in [-0.1, -0.05) is 46.0 Å². The Kier molecular flexibility index (Phi) is 12.9. The molecule has 2 N–H and O–H groups in total. The van der Waals surface area contributed by atoms with E-state index in [9.17, 15) is 14.4 Å². The lowest BCUT2D eigenvalue weighted by molar-refractivity contribution is -0.144. The van der Waals surface area contributed by atoms with Crippen molar-refractivity contribution in [2.75, 3.05) is 18.5 Å². The van der Waals surface area contributed by atoms with Crippen LogP contribution in [0.3, 0.4) is 0 Å². The third-order valence-electron chi connectivity index (χ3n) is 5.96. The van der Waals surface area contributed by atoms with Crippen molar-refractivity contribution in [3.8, 4) is 11.3 Å². The summed E-state index contributed by atoms with van der Waals surface area (Å²) in [6.07, 6.45) is -0.840. The Bertz CT molecular complexity index is 1090. The third kappa shape index (κ3) is 6.17. The molecule has 1 aromatic carbocycles. The van der Waals surface area contributed by atoms with E-state index >= 15 is 8.78 Å². The number of urea groups is 1. The minimum Gasteiger partial charge on any atom is -0.372 e. The summed E-state index contributed by atoms with van der Waals surface area (Å²) in [5.41, 5.74) is -1.52. The van der Waals surface area contributed by atoms with Crippen molar-refractivity contribution in [2.24, 2.45) is 5.41 Å². The second-order valence-electron chi connectivity index (χ2n) is 7.97. The van der Waals surface area contributed by atoms with Crippen LogP contribution in [0, 0.1) is 17.0 Å². The maximum absolute atomic E-state index is 15.4. The zero-order chi connectivity index (χ0) is 29.2. The van der Waals surface area contributed by atoms with Gasteiger partial charge in [0.2, 0.25) is 5.91 Å². The minimum absolute atomic E-state index is 0.0216. The molecule has 1 fully saturated rings. The summed E-state index contributed by atoms with van der Waals surface area (Å²) in [7, 11) is 1.33. The number of ether oxygens (including phenoxy) is 1. The average molecular weight is 556 g/mol. The van der Waals surface area contributed by atoms with Crippen LogP contribution < -0.4 is 15.5 Å². The van der Waals surface area contributed by atoms with E-state index in [1.54, 1.807) is 13.8 Å². The van der Waals surface area contributed by atoms with E-state index in [2.05, 4.69) is 20.2 Å². The van der Waals surface area contributed by atoms with Crippen molar-refractivity contribution in [3.63, 3.8) is 0 Å². The van der Waals surface area contributed by atoms with Crippen molar-refractivity contribution in [1.82, 2.24) is 20.2 Å². The number of aromatic nitrogens is 2. The number of benzene rings is 1. The van der Waals surface area contributed by atoms with Gasteiger partial charge in [0.15, 0.2) is 11.6 Å². The highest BCUT2D eigenvalue weighted by atomic mass is 32.1. The lowest BCUT2D eigenvalue weighted by Gasteiger charge is -2.53. The molecule has 0 spiro atoms. The van der Waals surface area contributed by atoms with Crippen LogP contribution in [0.15, 0.2) is 11.4 Å². The second-order valence-corrected chi connectivity index (χ2v) is 8.58. The van der Waals surface area contributed by atoms with Crippen molar-refractivity contribution in [1.29, 1.82) is 0 Å². The summed E-state index contributed by atoms with van der Waals surface area (Å²) in [5, 5.41) is 9.72. The van der Waals surface area contributed by atoms with Crippen molar-refractivity contribution in [2.45, 2.75) is 80.1 Å². The lowest BCUT2D eigenvalue weighted by atomic mass is 9.68. The van der Waals surface area contributed by atoms with Crippen LogP contribution in [0.5, 0.6) is 0 Å². The molecule has 0 radical (unpaired) electrons. The third-order valence-corrected chi connectivity index (χ3v) is 6.47. The Balaban J connectivity index is 0.00000112. The van der Waals surface area contributed by atoms with Gasteiger partial charge in [0.25, 0.3) is 0 Å². The van der Waals surface area contributed by atoms with Crippen LogP contribution in [0.1, 0.15) is 61.0 Å². The van der Waals surface area contributed by atoms with E-state index in [-0.39, 0.29) is 41.6 Å². The maximum atomic E-state index is 15.4. The predicted octanol–water partition coefficient (Wildman–Crippen LogP) is 4.74. The summed E-state index contributed by atoms with van der Waals surface area (Å²) in [4.78, 5) is 39.0. The number of nitrogens with one attached hydrogen (secondary N) is 2. The number of imide groups is 1. The number of aldehydes is 1. The van der Waals surface area contributed by atoms with E-state index in [4.69, 9.17) is 4.74 Å². The highest BCUT2D eigenvalue weighted by Gasteiger charge is 2.57. The normalized spacial score (nSPS) is 22.9. The zero-order valence-corrected chi connectivity index (χ0v) is 24.3. The average Bonchev–Trinajstić information content (AvgIpc) is 3.47. The van der Waals surface area contributed by atoms with Crippen molar-refractivity contribution < 1.29 is 27.9 Å². The first-order valence-corrected chi connectivity index (χ1v) is 13.8. The van der Waals surface area contributed by atoms with E-state index in [1.807, 2.05) is 41.5 Å².